The topological polar surface area (TPSA) is 80.3 Å². The molecule has 188 valence electrons. The monoisotopic (exact) mass is 473 g/mol. The Hall–Kier alpha value is -2.32. The van der Waals surface area contributed by atoms with E-state index in [1.807, 2.05) is 4.90 Å². The number of hydrogen-bond donors (Lipinski definition) is 1. The van der Waals surface area contributed by atoms with Gasteiger partial charge in [0.2, 0.25) is 5.91 Å². The highest BCUT2D eigenvalue weighted by Gasteiger charge is 2.39. The SMILES string of the molecule is COc1cc(OC)cc(C(=O)N2CCC(C(=O)NCC3(N4CCOCC4)CCCCC3)CC2)c1. The number of nitrogens with one attached hydrogen (secondary N) is 1. The van der Waals surface area contributed by atoms with Crippen molar-refractivity contribution in [3.05, 3.63) is 23.8 Å². The third-order valence-electron chi connectivity index (χ3n) is 7.81. The largest absolute Gasteiger partial charge is 0.497 e. The predicted octanol–water partition coefficient (Wildman–Crippen LogP) is 2.71. The van der Waals surface area contributed by atoms with E-state index in [4.69, 9.17) is 14.2 Å². The maximum atomic E-state index is 13.1. The lowest BCUT2D eigenvalue weighted by atomic mass is 9.79. The Morgan fingerprint density at radius 1 is 0.971 bits per heavy atom. The molecule has 3 aliphatic rings. The van der Waals surface area contributed by atoms with Gasteiger partial charge in [-0.25, -0.2) is 0 Å². The van der Waals surface area contributed by atoms with Gasteiger partial charge in [-0.05, 0) is 37.8 Å². The molecule has 0 spiro atoms. The Labute approximate surface area is 202 Å². The summed E-state index contributed by atoms with van der Waals surface area (Å²) in [6.07, 6.45) is 7.39. The number of carbonyl (C=O) groups excluding carboxylic acids is 2. The van der Waals surface area contributed by atoms with E-state index >= 15 is 0 Å². The van der Waals surface area contributed by atoms with Crippen LogP contribution in [0.3, 0.4) is 0 Å². The van der Waals surface area contributed by atoms with Crippen molar-refractivity contribution in [3.63, 3.8) is 0 Å². The van der Waals surface area contributed by atoms with E-state index in [2.05, 4.69) is 10.2 Å². The molecule has 2 heterocycles. The lowest BCUT2D eigenvalue weighted by molar-refractivity contribution is -0.127. The molecule has 1 aromatic carbocycles. The molecule has 8 heteroatoms. The summed E-state index contributed by atoms with van der Waals surface area (Å²) >= 11 is 0. The van der Waals surface area contributed by atoms with E-state index in [0.717, 1.165) is 39.1 Å². The van der Waals surface area contributed by atoms with Crippen LogP contribution in [0.15, 0.2) is 18.2 Å². The molecule has 2 saturated heterocycles. The van der Waals surface area contributed by atoms with E-state index < -0.39 is 0 Å². The number of piperidine rings is 1. The maximum absolute atomic E-state index is 13.1. The zero-order valence-corrected chi connectivity index (χ0v) is 20.6. The van der Waals surface area contributed by atoms with E-state index in [1.54, 1.807) is 32.4 Å². The van der Waals surface area contributed by atoms with Gasteiger partial charge in [-0.1, -0.05) is 19.3 Å². The van der Waals surface area contributed by atoms with E-state index in [-0.39, 0.29) is 23.3 Å². The quantitative estimate of drug-likeness (QED) is 0.656. The number of carbonyl (C=O) groups is 2. The lowest BCUT2D eigenvalue weighted by Crippen LogP contribution is -2.60. The van der Waals surface area contributed by atoms with Gasteiger partial charge in [0.1, 0.15) is 11.5 Å². The van der Waals surface area contributed by atoms with Crippen LogP contribution in [0.25, 0.3) is 0 Å². The minimum absolute atomic E-state index is 0.0470. The normalized spacial score (nSPS) is 21.6. The number of ether oxygens (including phenoxy) is 3. The first-order valence-electron chi connectivity index (χ1n) is 12.7. The highest BCUT2D eigenvalue weighted by molar-refractivity contribution is 5.95. The van der Waals surface area contributed by atoms with Gasteiger partial charge in [0.25, 0.3) is 5.91 Å². The van der Waals surface area contributed by atoms with Gasteiger partial charge >= 0.3 is 0 Å². The number of benzene rings is 1. The molecule has 1 aromatic rings. The van der Waals surface area contributed by atoms with Crippen molar-refractivity contribution in [1.82, 2.24) is 15.1 Å². The van der Waals surface area contributed by atoms with Gasteiger partial charge in [-0.2, -0.15) is 0 Å². The minimum atomic E-state index is -0.0514. The second kappa shape index (κ2) is 11.4. The van der Waals surface area contributed by atoms with Crippen LogP contribution in [0.4, 0.5) is 0 Å². The number of rotatable bonds is 7. The minimum Gasteiger partial charge on any atom is -0.497 e. The van der Waals surface area contributed by atoms with Crippen LogP contribution in [-0.2, 0) is 9.53 Å². The zero-order chi connectivity index (χ0) is 24.0. The summed E-state index contributed by atoms with van der Waals surface area (Å²) in [4.78, 5) is 30.5. The fourth-order valence-electron chi connectivity index (χ4n) is 5.71. The lowest BCUT2D eigenvalue weighted by Gasteiger charge is -2.48. The molecule has 1 saturated carbocycles. The second-order valence-corrected chi connectivity index (χ2v) is 9.77. The molecule has 8 nitrogen and oxygen atoms in total. The van der Waals surface area contributed by atoms with Gasteiger partial charge in [0, 0.05) is 55.8 Å². The summed E-state index contributed by atoms with van der Waals surface area (Å²) in [6.45, 7) is 5.32. The van der Waals surface area contributed by atoms with E-state index in [9.17, 15) is 9.59 Å². The fourth-order valence-corrected chi connectivity index (χ4v) is 5.71. The Morgan fingerprint density at radius 3 is 2.18 bits per heavy atom. The first-order valence-corrected chi connectivity index (χ1v) is 12.7. The molecule has 1 aliphatic carbocycles. The third kappa shape index (κ3) is 5.66. The van der Waals surface area contributed by atoms with Crippen LogP contribution in [0.1, 0.15) is 55.3 Å². The van der Waals surface area contributed by atoms with Crippen LogP contribution in [0.2, 0.25) is 0 Å². The molecule has 2 amide bonds. The van der Waals surface area contributed by atoms with Crippen LogP contribution < -0.4 is 14.8 Å². The second-order valence-electron chi connectivity index (χ2n) is 9.77. The molecule has 1 N–H and O–H groups in total. The van der Waals surface area contributed by atoms with Crippen molar-refractivity contribution < 1.29 is 23.8 Å². The molecule has 4 rings (SSSR count). The Bertz CT molecular complexity index is 819. The summed E-state index contributed by atoms with van der Waals surface area (Å²) in [7, 11) is 3.15. The van der Waals surface area contributed by atoms with Gasteiger partial charge in [-0.3, -0.25) is 14.5 Å². The highest BCUT2D eigenvalue weighted by atomic mass is 16.5. The number of methoxy groups -OCH3 is 2. The van der Waals surface area contributed by atoms with Gasteiger partial charge in [0.05, 0.1) is 27.4 Å². The summed E-state index contributed by atoms with van der Waals surface area (Å²) in [5.41, 5.74) is 0.614. The number of morpholine rings is 1. The molecule has 3 fully saturated rings. The summed E-state index contributed by atoms with van der Waals surface area (Å²) in [5, 5.41) is 3.31. The molecule has 0 atom stereocenters. The predicted molar refractivity (Wildman–Crippen MR) is 129 cm³/mol. The Kier molecular flexibility index (Phi) is 8.32. The number of nitrogens with zero attached hydrogens (tertiary/aromatic N) is 2. The van der Waals surface area contributed by atoms with Crippen molar-refractivity contribution >= 4 is 11.8 Å². The van der Waals surface area contributed by atoms with E-state index in [0.29, 0.717) is 49.5 Å². The molecular weight excluding hydrogens is 434 g/mol. The molecule has 2 aliphatic heterocycles. The summed E-state index contributed by atoms with van der Waals surface area (Å²) in [5.74, 6) is 1.22. The standard InChI is InChI=1S/C26H39N3O5/c1-32-22-16-21(17-23(18-22)33-2)25(31)28-10-6-20(7-11-28)24(30)27-19-26(8-4-3-5-9-26)29-12-14-34-15-13-29/h16-18,20H,3-15,19H2,1-2H3,(H,27,30). The number of amides is 2. The molecule has 0 aromatic heterocycles. The zero-order valence-electron chi connectivity index (χ0n) is 20.6. The molecule has 34 heavy (non-hydrogen) atoms. The van der Waals surface area contributed by atoms with Crippen molar-refractivity contribution in [2.45, 2.75) is 50.5 Å². The summed E-state index contributed by atoms with van der Waals surface area (Å²) < 4.78 is 16.2. The van der Waals surface area contributed by atoms with E-state index in [1.165, 1.54) is 19.3 Å². The number of likely N-dealkylation sites (tertiary alicyclic amines) is 1. The fraction of sp³-hybridized carbons (Fsp3) is 0.692. The average Bonchev–Trinajstić information content (AvgIpc) is 2.92. The number of hydrogen-bond acceptors (Lipinski definition) is 6. The van der Waals surface area contributed by atoms with Crippen LogP contribution in [0.5, 0.6) is 11.5 Å². The van der Waals surface area contributed by atoms with Crippen molar-refractivity contribution in [2.24, 2.45) is 5.92 Å². The summed E-state index contributed by atoms with van der Waals surface area (Å²) in [6, 6.07) is 5.22. The van der Waals surface area contributed by atoms with Crippen LogP contribution in [0, 0.1) is 5.92 Å². The maximum Gasteiger partial charge on any atom is 0.254 e. The molecule has 0 radical (unpaired) electrons. The van der Waals surface area contributed by atoms with Crippen molar-refractivity contribution in [2.75, 3.05) is 60.2 Å². The van der Waals surface area contributed by atoms with Gasteiger partial charge < -0.3 is 24.4 Å². The smallest absolute Gasteiger partial charge is 0.254 e. The average molecular weight is 474 g/mol. The van der Waals surface area contributed by atoms with Gasteiger partial charge in [0.15, 0.2) is 0 Å². The Balaban J connectivity index is 1.31. The third-order valence-corrected chi connectivity index (χ3v) is 7.81. The first-order chi connectivity index (χ1) is 16.5. The van der Waals surface area contributed by atoms with Crippen molar-refractivity contribution in [1.29, 1.82) is 0 Å². The van der Waals surface area contributed by atoms with Gasteiger partial charge in [-0.15, -0.1) is 0 Å². The van der Waals surface area contributed by atoms with Crippen LogP contribution >= 0.6 is 0 Å². The highest BCUT2D eigenvalue weighted by Crippen LogP contribution is 2.34. The Morgan fingerprint density at radius 2 is 1.59 bits per heavy atom. The van der Waals surface area contributed by atoms with Crippen molar-refractivity contribution in [3.8, 4) is 11.5 Å². The molecule has 0 bridgehead atoms. The molecular formula is C26H39N3O5. The first kappa shape index (κ1) is 24.8. The molecule has 0 unspecified atom stereocenters. The van der Waals surface area contributed by atoms with Crippen LogP contribution in [-0.4, -0.2) is 87.3 Å².